The molecule has 5 N–H and O–H groups in total. The van der Waals surface area contributed by atoms with E-state index < -0.39 is 6.04 Å². The average Bonchev–Trinajstić information content (AvgIpc) is 2.89. The fraction of sp³-hybridized carbons (Fsp3) is 0.321. The summed E-state index contributed by atoms with van der Waals surface area (Å²) >= 11 is 6.24. The van der Waals surface area contributed by atoms with Gasteiger partial charge in [-0.05, 0) is 42.5 Å². The molecule has 0 radical (unpaired) electrons. The molecule has 34 heavy (non-hydrogen) atoms. The van der Waals surface area contributed by atoms with Crippen molar-refractivity contribution in [3.8, 4) is 0 Å². The Morgan fingerprint density at radius 2 is 1.29 bits per heavy atom. The summed E-state index contributed by atoms with van der Waals surface area (Å²) in [5.74, 6) is 2.65. The van der Waals surface area contributed by atoms with Crippen LogP contribution in [0.3, 0.4) is 0 Å². The van der Waals surface area contributed by atoms with Gasteiger partial charge in [-0.2, -0.15) is 24.4 Å². The molecule has 0 saturated carbocycles. The molecule has 0 unspecified atom stereocenters. The van der Waals surface area contributed by atoms with E-state index in [4.69, 9.17) is 11.5 Å². The summed E-state index contributed by atoms with van der Waals surface area (Å²) in [6.45, 7) is 0.557. The molecule has 4 nitrogen and oxygen atoms in total. The van der Waals surface area contributed by atoms with Crippen LogP contribution in [-0.4, -0.2) is 30.3 Å². The first-order valence-electron chi connectivity index (χ1n) is 11.7. The molecule has 0 aliphatic rings. The van der Waals surface area contributed by atoms with Crippen molar-refractivity contribution in [1.29, 1.82) is 0 Å². The van der Waals surface area contributed by atoms with E-state index in [1.165, 1.54) is 16.7 Å². The standard InChI is InChI=1S/C14H23N3OS.C14H14S/c15-8-4-7-13(16)14(18)17-12(10-19)9-11-5-2-1-3-6-11;1-3-7-13(8-4-1)11-15-12-14-9-5-2-6-10-14/h1-3,5-6,12-13,19H,4,7-10,15-16H2,(H,17,18);1-10H,11-12H2/t12-,13-;/m1./s1. The van der Waals surface area contributed by atoms with Crippen molar-refractivity contribution in [2.45, 2.75) is 42.9 Å². The van der Waals surface area contributed by atoms with Crippen molar-refractivity contribution < 1.29 is 4.79 Å². The highest BCUT2D eigenvalue weighted by Gasteiger charge is 2.17. The van der Waals surface area contributed by atoms with Crippen LogP contribution < -0.4 is 16.8 Å². The number of nitrogens with two attached hydrogens (primary N) is 2. The van der Waals surface area contributed by atoms with Crippen LogP contribution >= 0.6 is 24.4 Å². The van der Waals surface area contributed by atoms with Crippen molar-refractivity contribution in [2.75, 3.05) is 12.3 Å². The Bertz CT molecular complexity index is 871. The zero-order valence-corrected chi connectivity index (χ0v) is 21.4. The first-order valence-corrected chi connectivity index (χ1v) is 13.5. The molecule has 1 amide bonds. The van der Waals surface area contributed by atoms with Crippen molar-refractivity contribution >= 4 is 30.3 Å². The minimum atomic E-state index is -0.485. The zero-order chi connectivity index (χ0) is 24.4. The Morgan fingerprint density at radius 1 is 0.824 bits per heavy atom. The summed E-state index contributed by atoms with van der Waals surface area (Å²) in [6, 6.07) is 30.8. The smallest absolute Gasteiger partial charge is 0.237 e. The van der Waals surface area contributed by atoms with Crippen molar-refractivity contribution in [2.24, 2.45) is 11.5 Å². The Kier molecular flexibility index (Phi) is 14.2. The van der Waals surface area contributed by atoms with E-state index in [-0.39, 0.29) is 11.9 Å². The molecular weight excluding hydrogens is 458 g/mol. The molecule has 0 fully saturated rings. The predicted molar refractivity (Wildman–Crippen MR) is 150 cm³/mol. The molecule has 0 aromatic heterocycles. The van der Waals surface area contributed by atoms with Crippen LogP contribution in [0.2, 0.25) is 0 Å². The Labute approximate surface area is 214 Å². The van der Waals surface area contributed by atoms with Gasteiger partial charge in [-0.25, -0.2) is 0 Å². The van der Waals surface area contributed by atoms with E-state index in [1.807, 2.05) is 42.1 Å². The van der Waals surface area contributed by atoms with Crippen LogP contribution in [0.5, 0.6) is 0 Å². The molecule has 3 aromatic carbocycles. The summed E-state index contributed by atoms with van der Waals surface area (Å²) in [5, 5.41) is 2.94. The molecule has 6 heteroatoms. The van der Waals surface area contributed by atoms with E-state index >= 15 is 0 Å². The van der Waals surface area contributed by atoms with Gasteiger partial charge in [0.25, 0.3) is 0 Å². The molecule has 0 bridgehead atoms. The lowest BCUT2D eigenvalue weighted by molar-refractivity contribution is -0.123. The fourth-order valence-corrected chi connectivity index (χ4v) is 4.45. The van der Waals surface area contributed by atoms with Gasteiger partial charge in [-0.3, -0.25) is 4.79 Å². The SMILES string of the molecule is NCCC[C@@H](N)C(=O)N[C@@H](CS)Cc1ccccc1.c1ccc(CSCc2ccccc2)cc1. The molecule has 3 aromatic rings. The normalized spacial score (nSPS) is 12.2. The maximum Gasteiger partial charge on any atom is 0.237 e. The lowest BCUT2D eigenvalue weighted by atomic mass is 10.1. The number of carbonyl (C=O) groups excluding carboxylic acids is 1. The average molecular weight is 496 g/mol. The quantitative estimate of drug-likeness (QED) is 0.271. The topological polar surface area (TPSA) is 81.1 Å². The Balaban J connectivity index is 0.000000246. The number of hydrogen-bond acceptors (Lipinski definition) is 5. The summed E-state index contributed by atoms with van der Waals surface area (Å²) < 4.78 is 0. The van der Waals surface area contributed by atoms with Gasteiger partial charge in [0.05, 0.1) is 6.04 Å². The van der Waals surface area contributed by atoms with Crippen LogP contribution in [0.15, 0.2) is 91.0 Å². The molecular formula is C28H37N3OS2. The lowest BCUT2D eigenvalue weighted by Gasteiger charge is -2.19. The number of nitrogens with one attached hydrogen (secondary N) is 1. The molecule has 0 spiro atoms. The fourth-order valence-electron chi connectivity index (χ4n) is 3.27. The van der Waals surface area contributed by atoms with Gasteiger partial charge in [-0.15, -0.1) is 0 Å². The Hall–Kier alpha value is -2.25. The van der Waals surface area contributed by atoms with Crippen molar-refractivity contribution in [3.05, 3.63) is 108 Å². The number of hydrogen-bond donors (Lipinski definition) is 4. The van der Waals surface area contributed by atoms with Gasteiger partial charge >= 0.3 is 0 Å². The van der Waals surface area contributed by atoms with Crippen LogP contribution in [0, 0.1) is 0 Å². The van der Waals surface area contributed by atoms with E-state index in [2.05, 4.69) is 78.6 Å². The molecule has 0 aliphatic heterocycles. The second kappa shape index (κ2) is 17.2. The molecule has 182 valence electrons. The number of thioether (sulfide) groups is 1. The molecule has 0 aliphatic carbocycles. The van der Waals surface area contributed by atoms with E-state index in [0.717, 1.165) is 24.3 Å². The first-order chi connectivity index (χ1) is 16.6. The number of rotatable bonds is 12. The summed E-state index contributed by atoms with van der Waals surface area (Å²) in [4.78, 5) is 11.9. The third kappa shape index (κ3) is 11.7. The van der Waals surface area contributed by atoms with E-state index in [0.29, 0.717) is 18.7 Å². The Morgan fingerprint density at radius 3 is 1.74 bits per heavy atom. The van der Waals surface area contributed by atoms with Gasteiger partial charge < -0.3 is 16.8 Å². The monoisotopic (exact) mass is 495 g/mol. The number of carbonyl (C=O) groups is 1. The molecule has 3 rings (SSSR count). The van der Waals surface area contributed by atoms with Crippen LogP contribution in [0.25, 0.3) is 0 Å². The number of amides is 1. The highest BCUT2D eigenvalue weighted by Crippen LogP contribution is 2.17. The van der Waals surface area contributed by atoms with Gasteiger partial charge in [0.1, 0.15) is 0 Å². The maximum atomic E-state index is 11.9. The van der Waals surface area contributed by atoms with Crippen molar-refractivity contribution in [3.63, 3.8) is 0 Å². The second-order valence-electron chi connectivity index (χ2n) is 8.08. The molecule has 0 heterocycles. The van der Waals surface area contributed by atoms with Gasteiger partial charge in [0.2, 0.25) is 5.91 Å². The maximum absolute atomic E-state index is 11.9. The largest absolute Gasteiger partial charge is 0.351 e. The highest BCUT2D eigenvalue weighted by atomic mass is 32.2. The van der Waals surface area contributed by atoms with E-state index in [9.17, 15) is 4.79 Å². The predicted octanol–water partition coefficient (Wildman–Crippen LogP) is 4.83. The summed E-state index contributed by atoms with van der Waals surface area (Å²) in [6.07, 6.45) is 2.14. The summed E-state index contributed by atoms with van der Waals surface area (Å²) in [7, 11) is 0. The third-order valence-corrected chi connectivity index (χ3v) is 6.69. The third-order valence-electron chi connectivity index (χ3n) is 5.17. The summed E-state index contributed by atoms with van der Waals surface area (Å²) in [5.41, 5.74) is 15.2. The van der Waals surface area contributed by atoms with Gasteiger partial charge in [0.15, 0.2) is 0 Å². The minimum absolute atomic E-state index is 0.00200. The number of thiol groups is 1. The van der Waals surface area contributed by atoms with Crippen LogP contribution in [0.4, 0.5) is 0 Å². The van der Waals surface area contributed by atoms with Crippen LogP contribution in [-0.2, 0) is 22.7 Å². The lowest BCUT2D eigenvalue weighted by Crippen LogP contribution is -2.47. The van der Waals surface area contributed by atoms with Gasteiger partial charge in [-0.1, -0.05) is 91.0 Å². The second-order valence-corrected chi connectivity index (χ2v) is 9.43. The highest BCUT2D eigenvalue weighted by molar-refractivity contribution is 7.97. The first kappa shape index (κ1) is 28.0. The van der Waals surface area contributed by atoms with E-state index in [1.54, 1.807) is 0 Å². The molecule has 2 atom stereocenters. The van der Waals surface area contributed by atoms with Gasteiger partial charge in [0, 0.05) is 23.3 Å². The minimum Gasteiger partial charge on any atom is -0.351 e. The number of benzene rings is 3. The van der Waals surface area contributed by atoms with Crippen LogP contribution in [0.1, 0.15) is 29.5 Å². The molecule has 0 saturated heterocycles. The van der Waals surface area contributed by atoms with Crippen molar-refractivity contribution in [1.82, 2.24) is 5.32 Å². The zero-order valence-electron chi connectivity index (χ0n) is 19.7.